The van der Waals surface area contributed by atoms with Crippen molar-refractivity contribution >= 4 is 43.0 Å². The number of carbonyl (C=O) groups excluding carboxylic acids is 1. The van der Waals surface area contributed by atoms with Crippen molar-refractivity contribution in [3.63, 3.8) is 0 Å². The Morgan fingerprint density at radius 1 is 1.30 bits per heavy atom. The first-order chi connectivity index (χ1) is 15.4. The maximum Gasteiger partial charge on any atom is 0.404 e. The first kappa shape index (κ1) is 24.9. The van der Waals surface area contributed by atoms with E-state index in [2.05, 4.69) is 19.7 Å². The lowest BCUT2D eigenvalue weighted by atomic mass is 10.1. The number of halogens is 1. The standard InChI is InChI=1S/C19H23N6O6P.ClH/c1-28-19(26)15(20)6-12-2-4-13(5-3-12)31-32(27)11-29-14(8-30-32)7-25-10-24-16-17(21)22-9-23-18(16)25;/h2-5,9-10,14-15H,6-8,11,20H2,1H3,(H2,21,22,23);1H/t14-,15-,32-;/m0./s1. The molecule has 0 unspecified atom stereocenters. The van der Waals surface area contributed by atoms with E-state index in [1.165, 1.54) is 13.4 Å². The zero-order valence-electron chi connectivity index (χ0n) is 17.7. The number of hydrogen-bond donors (Lipinski definition) is 2. The third kappa shape index (κ3) is 5.79. The van der Waals surface area contributed by atoms with E-state index in [1.54, 1.807) is 35.2 Å². The highest BCUT2D eigenvalue weighted by Gasteiger charge is 2.35. The van der Waals surface area contributed by atoms with Crippen LogP contribution < -0.4 is 16.0 Å². The Balaban J connectivity index is 0.00000306. The van der Waals surface area contributed by atoms with Crippen molar-refractivity contribution in [3.05, 3.63) is 42.5 Å². The molecule has 0 amide bonds. The van der Waals surface area contributed by atoms with Gasteiger partial charge in [0.2, 0.25) is 0 Å². The number of nitrogen functional groups attached to an aromatic ring is 1. The molecule has 0 bridgehead atoms. The first-order valence-electron chi connectivity index (χ1n) is 9.75. The average molecular weight is 499 g/mol. The van der Waals surface area contributed by atoms with E-state index in [0.717, 1.165) is 5.56 Å². The van der Waals surface area contributed by atoms with Crippen LogP contribution in [0.1, 0.15) is 5.56 Å². The highest BCUT2D eigenvalue weighted by Crippen LogP contribution is 2.50. The summed E-state index contributed by atoms with van der Waals surface area (Å²) in [6.07, 6.45) is 2.71. The van der Waals surface area contributed by atoms with Gasteiger partial charge >= 0.3 is 13.6 Å². The van der Waals surface area contributed by atoms with Gasteiger partial charge in [0.05, 0.1) is 26.6 Å². The van der Waals surface area contributed by atoms with Gasteiger partial charge in [-0.15, -0.1) is 12.4 Å². The molecule has 3 heterocycles. The fraction of sp³-hybridized carbons (Fsp3) is 0.368. The number of carbonyl (C=O) groups is 1. The van der Waals surface area contributed by atoms with E-state index in [4.69, 9.17) is 25.3 Å². The number of nitrogens with zero attached hydrogens (tertiary/aromatic N) is 4. The average Bonchev–Trinajstić information content (AvgIpc) is 3.20. The molecular formula is C19H24ClN6O6P. The first-order valence-corrected chi connectivity index (χ1v) is 11.5. The zero-order valence-corrected chi connectivity index (χ0v) is 19.4. The quantitative estimate of drug-likeness (QED) is 0.358. The third-order valence-electron chi connectivity index (χ3n) is 4.88. The lowest BCUT2D eigenvalue weighted by Gasteiger charge is -2.29. The van der Waals surface area contributed by atoms with Gasteiger partial charge in [0, 0.05) is 0 Å². The summed E-state index contributed by atoms with van der Waals surface area (Å²) >= 11 is 0. The molecule has 12 nitrogen and oxygen atoms in total. The minimum Gasteiger partial charge on any atom is -0.468 e. The van der Waals surface area contributed by atoms with E-state index < -0.39 is 19.6 Å². The van der Waals surface area contributed by atoms with Gasteiger partial charge in [0.25, 0.3) is 0 Å². The number of hydrogen-bond acceptors (Lipinski definition) is 11. The second kappa shape index (κ2) is 10.4. The Morgan fingerprint density at radius 3 is 2.73 bits per heavy atom. The monoisotopic (exact) mass is 498 g/mol. The van der Waals surface area contributed by atoms with Crippen LogP contribution in [0.4, 0.5) is 5.82 Å². The van der Waals surface area contributed by atoms with Gasteiger partial charge in [-0.3, -0.25) is 9.32 Å². The molecule has 3 atom stereocenters. The molecule has 0 spiro atoms. The van der Waals surface area contributed by atoms with Gasteiger partial charge in [0.15, 0.2) is 17.8 Å². The molecule has 3 aromatic rings. The Kier molecular flexibility index (Phi) is 7.88. The number of methoxy groups -OCH3 is 1. The molecule has 0 saturated carbocycles. The van der Waals surface area contributed by atoms with Crippen molar-refractivity contribution in [2.45, 2.75) is 25.1 Å². The number of rotatable bonds is 7. The van der Waals surface area contributed by atoms with Crippen LogP contribution in [0, 0.1) is 0 Å². The van der Waals surface area contributed by atoms with Crippen molar-refractivity contribution in [2.75, 3.05) is 25.8 Å². The number of imidazole rings is 1. The SMILES string of the molecule is COC(=O)[C@@H](N)Cc1ccc(O[P@]2(=O)CO[C@@H](Cn3cnc4c(N)ncnc43)CO2)cc1.Cl. The molecule has 178 valence electrons. The van der Waals surface area contributed by atoms with Crippen molar-refractivity contribution in [3.8, 4) is 5.75 Å². The van der Waals surface area contributed by atoms with Gasteiger partial charge in [-0.2, -0.15) is 0 Å². The van der Waals surface area contributed by atoms with Crippen LogP contribution in [-0.2, 0) is 36.3 Å². The van der Waals surface area contributed by atoms with E-state index in [0.29, 0.717) is 35.7 Å². The van der Waals surface area contributed by atoms with Crippen LogP contribution in [-0.4, -0.2) is 57.7 Å². The number of aromatic nitrogens is 4. The number of anilines is 1. The van der Waals surface area contributed by atoms with Gasteiger partial charge in [-0.1, -0.05) is 12.1 Å². The second-order valence-electron chi connectivity index (χ2n) is 7.22. The molecule has 1 aromatic carbocycles. The summed E-state index contributed by atoms with van der Waals surface area (Å²) in [4.78, 5) is 23.8. The summed E-state index contributed by atoms with van der Waals surface area (Å²) in [5.41, 5.74) is 13.5. The summed E-state index contributed by atoms with van der Waals surface area (Å²) < 4.78 is 36.1. The van der Waals surface area contributed by atoms with Crippen molar-refractivity contribution in [1.29, 1.82) is 0 Å². The molecule has 4 N–H and O–H groups in total. The number of nitrogens with two attached hydrogens (primary N) is 2. The fourth-order valence-electron chi connectivity index (χ4n) is 3.22. The van der Waals surface area contributed by atoms with Gasteiger partial charge < -0.3 is 30.0 Å². The normalized spacial score (nSPS) is 21.2. The summed E-state index contributed by atoms with van der Waals surface area (Å²) in [5, 5.41) is 0. The molecule has 33 heavy (non-hydrogen) atoms. The van der Waals surface area contributed by atoms with Crippen molar-refractivity contribution < 1.29 is 27.9 Å². The van der Waals surface area contributed by atoms with Crippen molar-refractivity contribution in [2.24, 2.45) is 5.73 Å². The summed E-state index contributed by atoms with van der Waals surface area (Å²) in [5.74, 6) is 0.168. The highest BCUT2D eigenvalue weighted by molar-refractivity contribution is 7.54. The van der Waals surface area contributed by atoms with Crippen LogP contribution in [0.3, 0.4) is 0 Å². The minimum atomic E-state index is -3.47. The lowest BCUT2D eigenvalue weighted by molar-refractivity contribution is -0.142. The largest absolute Gasteiger partial charge is 0.468 e. The Hall–Kier alpha value is -2.76. The molecule has 2 aromatic heterocycles. The van der Waals surface area contributed by atoms with Crippen LogP contribution in [0.2, 0.25) is 0 Å². The second-order valence-corrected chi connectivity index (χ2v) is 9.14. The Bertz CT molecular complexity index is 1150. The van der Waals surface area contributed by atoms with Crippen LogP contribution in [0.15, 0.2) is 36.9 Å². The molecule has 0 radical (unpaired) electrons. The minimum absolute atomic E-state index is 0. The Labute approximate surface area is 195 Å². The molecular weight excluding hydrogens is 475 g/mol. The lowest BCUT2D eigenvalue weighted by Crippen LogP contribution is -2.33. The predicted molar refractivity (Wildman–Crippen MR) is 121 cm³/mol. The molecule has 0 aliphatic carbocycles. The summed E-state index contributed by atoms with van der Waals surface area (Å²) in [7, 11) is -2.19. The number of esters is 1. The Morgan fingerprint density at radius 2 is 2.06 bits per heavy atom. The smallest absolute Gasteiger partial charge is 0.404 e. The maximum atomic E-state index is 12.9. The summed E-state index contributed by atoms with van der Waals surface area (Å²) in [6, 6.07) is 5.98. The predicted octanol–water partition coefficient (Wildman–Crippen LogP) is 1.52. The highest BCUT2D eigenvalue weighted by atomic mass is 35.5. The van der Waals surface area contributed by atoms with Gasteiger partial charge in [-0.05, 0) is 24.1 Å². The van der Waals surface area contributed by atoms with E-state index in [9.17, 15) is 9.36 Å². The third-order valence-corrected chi connectivity index (χ3v) is 6.38. The van der Waals surface area contributed by atoms with Crippen molar-refractivity contribution in [1.82, 2.24) is 19.5 Å². The van der Waals surface area contributed by atoms with Gasteiger partial charge in [-0.25, -0.2) is 19.5 Å². The number of benzene rings is 1. The molecule has 1 aliphatic heterocycles. The van der Waals surface area contributed by atoms with E-state index in [-0.39, 0.29) is 31.5 Å². The number of ether oxygens (including phenoxy) is 2. The van der Waals surface area contributed by atoms with E-state index in [1.807, 2.05) is 0 Å². The molecule has 1 aliphatic rings. The molecule has 14 heteroatoms. The van der Waals surface area contributed by atoms with E-state index >= 15 is 0 Å². The molecule has 1 fully saturated rings. The van der Waals surface area contributed by atoms with Crippen LogP contribution >= 0.6 is 20.0 Å². The topological polar surface area (TPSA) is 167 Å². The maximum absolute atomic E-state index is 12.9. The molecule has 4 rings (SSSR count). The van der Waals surface area contributed by atoms with Crippen LogP contribution in [0.25, 0.3) is 11.2 Å². The fourth-order valence-corrected chi connectivity index (χ4v) is 4.63. The van der Waals surface area contributed by atoms with Gasteiger partial charge in [0.1, 0.15) is 29.7 Å². The zero-order chi connectivity index (χ0) is 22.7. The van der Waals surface area contributed by atoms with Crippen LogP contribution in [0.5, 0.6) is 5.75 Å². The summed E-state index contributed by atoms with van der Waals surface area (Å²) in [6.45, 7) is 0.464. The number of fused-ring (bicyclic) bond motifs is 1. The molecule has 1 saturated heterocycles.